The molecule has 1 atom stereocenters. The van der Waals surface area contributed by atoms with E-state index in [1.807, 2.05) is 55.5 Å². The Hall–Kier alpha value is -2.87. The molecule has 1 fully saturated rings. The first-order valence-corrected chi connectivity index (χ1v) is 9.99. The Morgan fingerprint density at radius 1 is 1.25 bits per heavy atom. The van der Waals surface area contributed by atoms with Gasteiger partial charge in [-0.2, -0.15) is 4.68 Å². The lowest BCUT2D eigenvalue weighted by Gasteiger charge is -2.17. The normalized spacial score (nSPS) is 14.5. The van der Waals surface area contributed by atoms with Gasteiger partial charge in [0.05, 0.1) is 7.11 Å². The highest BCUT2D eigenvalue weighted by atomic mass is 32.2. The minimum atomic E-state index is -0.442. The minimum Gasteiger partial charge on any atom is -0.494 e. The van der Waals surface area contributed by atoms with E-state index in [2.05, 4.69) is 20.8 Å². The number of amides is 1. The van der Waals surface area contributed by atoms with E-state index in [0.29, 0.717) is 10.9 Å². The average molecular weight is 395 g/mol. The number of aryl methyl sites for hydroxylation is 1. The molecule has 1 N–H and O–H groups in total. The quantitative estimate of drug-likeness (QED) is 0.619. The fourth-order valence-corrected chi connectivity index (χ4v) is 3.88. The van der Waals surface area contributed by atoms with Crippen molar-refractivity contribution in [1.29, 1.82) is 0 Å². The fraction of sp³-hybridized carbons (Fsp3) is 0.300. The number of hydrogen-bond donors (Lipinski definition) is 1. The lowest BCUT2D eigenvalue weighted by Crippen LogP contribution is -2.30. The Bertz CT molecular complexity index is 972. The summed E-state index contributed by atoms with van der Waals surface area (Å²) in [5, 5.41) is 15.3. The Labute approximate surface area is 167 Å². The Morgan fingerprint density at radius 2 is 2.04 bits per heavy atom. The number of rotatable bonds is 7. The van der Waals surface area contributed by atoms with Crippen LogP contribution in [-0.4, -0.2) is 39.3 Å². The minimum absolute atomic E-state index is 0.0237. The maximum absolute atomic E-state index is 12.9. The summed E-state index contributed by atoms with van der Waals surface area (Å²) in [4.78, 5) is 12.9. The number of nitrogens with zero attached hydrogens (tertiary/aromatic N) is 4. The summed E-state index contributed by atoms with van der Waals surface area (Å²) in [5.41, 5.74) is 2.72. The number of nitrogens with one attached hydrogen (secondary N) is 1. The molecule has 1 heterocycles. The molecule has 0 radical (unpaired) electrons. The smallest absolute Gasteiger partial charge is 0.238 e. The largest absolute Gasteiger partial charge is 0.494 e. The van der Waals surface area contributed by atoms with Crippen molar-refractivity contribution in [2.75, 3.05) is 7.11 Å². The van der Waals surface area contributed by atoms with Gasteiger partial charge in [-0.05, 0) is 53.5 Å². The van der Waals surface area contributed by atoms with Gasteiger partial charge in [0.1, 0.15) is 16.7 Å². The van der Waals surface area contributed by atoms with Crippen LogP contribution in [0.2, 0.25) is 0 Å². The van der Waals surface area contributed by atoms with Gasteiger partial charge >= 0.3 is 0 Å². The topological polar surface area (TPSA) is 81.9 Å². The van der Waals surface area contributed by atoms with E-state index in [1.54, 1.807) is 11.8 Å². The molecule has 2 aromatic carbocycles. The number of hydrogen-bond acceptors (Lipinski definition) is 6. The molecule has 144 valence electrons. The van der Waals surface area contributed by atoms with Crippen molar-refractivity contribution in [2.24, 2.45) is 0 Å². The molecule has 1 aromatic heterocycles. The molecule has 4 rings (SSSR count). The predicted molar refractivity (Wildman–Crippen MR) is 107 cm³/mol. The first-order valence-electron chi connectivity index (χ1n) is 9.11. The maximum atomic E-state index is 12.9. The molecule has 3 aromatic rings. The first kappa shape index (κ1) is 18.5. The van der Waals surface area contributed by atoms with Crippen molar-refractivity contribution < 1.29 is 9.53 Å². The highest BCUT2D eigenvalue weighted by Gasteiger charge is 2.30. The number of thioether (sulfide) groups is 1. The summed E-state index contributed by atoms with van der Waals surface area (Å²) in [6.07, 6.45) is 2.08. The molecule has 1 amide bonds. The third-order valence-electron chi connectivity index (χ3n) is 4.49. The summed E-state index contributed by atoms with van der Waals surface area (Å²) in [6.45, 7) is 2.00. The summed E-state index contributed by atoms with van der Waals surface area (Å²) < 4.78 is 7.09. The van der Waals surface area contributed by atoms with Gasteiger partial charge in [0.2, 0.25) is 11.1 Å². The maximum Gasteiger partial charge on any atom is 0.238 e. The van der Waals surface area contributed by atoms with E-state index < -0.39 is 5.25 Å². The molecule has 8 heteroatoms. The van der Waals surface area contributed by atoms with Crippen LogP contribution in [0.15, 0.2) is 53.7 Å². The predicted octanol–water partition coefficient (Wildman–Crippen LogP) is 3.09. The van der Waals surface area contributed by atoms with Gasteiger partial charge in [0.15, 0.2) is 0 Å². The average Bonchev–Trinajstić information content (AvgIpc) is 3.40. The summed E-state index contributed by atoms with van der Waals surface area (Å²) in [7, 11) is 1.61. The van der Waals surface area contributed by atoms with E-state index in [0.717, 1.165) is 29.7 Å². The highest BCUT2D eigenvalue weighted by molar-refractivity contribution is 8.00. The van der Waals surface area contributed by atoms with Gasteiger partial charge in [-0.25, -0.2) is 0 Å². The van der Waals surface area contributed by atoms with Gasteiger partial charge in [-0.3, -0.25) is 4.79 Å². The zero-order valence-corrected chi connectivity index (χ0v) is 16.5. The first-order chi connectivity index (χ1) is 13.7. The lowest BCUT2D eigenvalue weighted by atomic mass is 10.1. The summed E-state index contributed by atoms with van der Waals surface area (Å²) in [5.74, 6) is 0.642. The van der Waals surface area contributed by atoms with Crippen LogP contribution in [0.25, 0.3) is 5.69 Å². The van der Waals surface area contributed by atoms with Crippen LogP contribution in [0.4, 0.5) is 0 Å². The number of aromatic nitrogens is 4. The second-order valence-electron chi connectivity index (χ2n) is 6.74. The van der Waals surface area contributed by atoms with Crippen LogP contribution in [0, 0.1) is 6.92 Å². The molecule has 1 aliphatic carbocycles. The number of carbonyl (C=O) groups excluding carboxylic acids is 1. The standard InChI is InChI=1S/C20H21N5O2S/c1-13-8-11-17(27-2)16(12-13)25-20(22-23-24-25)28-18(14-6-4-3-5-7-14)19(26)21-15-9-10-15/h3-8,11-12,15,18H,9-10H2,1-2H3,(H,21,26). The van der Waals surface area contributed by atoms with Gasteiger partial charge < -0.3 is 10.1 Å². The Balaban J connectivity index is 1.68. The van der Waals surface area contributed by atoms with Gasteiger partial charge in [0.25, 0.3) is 0 Å². The monoisotopic (exact) mass is 395 g/mol. The van der Waals surface area contributed by atoms with E-state index in [1.165, 1.54) is 11.8 Å². The lowest BCUT2D eigenvalue weighted by molar-refractivity contribution is -0.120. The SMILES string of the molecule is COc1ccc(C)cc1-n1nnnc1SC(C(=O)NC1CC1)c1ccccc1. The van der Waals surface area contributed by atoms with Crippen LogP contribution in [0.1, 0.15) is 29.2 Å². The molecule has 28 heavy (non-hydrogen) atoms. The van der Waals surface area contributed by atoms with Crippen LogP contribution >= 0.6 is 11.8 Å². The third kappa shape index (κ3) is 4.01. The van der Waals surface area contributed by atoms with Gasteiger partial charge in [-0.1, -0.05) is 48.2 Å². The molecule has 1 saturated carbocycles. The van der Waals surface area contributed by atoms with Crippen molar-refractivity contribution in [2.45, 2.75) is 36.2 Å². The molecular weight excluding hydrogens is 374 g/mol. The Kier molecular flexibility index (Phi) is 5.29. The molecule has 0 bridgehead atoms. The number of ether oxygens (including phenoxy) is 1. The van der Waals surface area contributed by atoms with Crippen LogP contribution in [-0.2, 0) is 4.79 Å². The molecule has 0 saturated heterocycles. The Morgan fingerprint density at radius 3 is 2.75 bits per heavy atom. The van der Waals surface area contributed by atoms with Crippen molar-refractivity contribution in [3.8, 4) is 11.4 Å². The summed E-state index contributed by atoms with van der Waals surface area (Å²) in [6, 6.07) is 15.8. The number of tetrazole rings is 1. The number of benzene rings is 2. The molecule has 1 unspecified atom stereocenters. The van der Waals surface area contributed by atoms with E-state index >= 15 is 0 Å². The third-order valence-corrected chi connectivity index (χ3v) is 5.68. The van der Waals surface area contributed by atoms with Crippen LogP contribution in [0.3, 0.4) is 0 Å². The molecule has 0 spiro atoms. The van der Waals surface area contributed by atoms with E-state index in [9.17, 15) is 4.79 Å². The van der Waals surface area contributed by atoms with Crippen LogP contribution < -0.4 is 10.1 Å². The molecule has 1 aliphatic rings. The van der Waals surface area contributed by atoms with E-state index in [4.69, 9.17) is 4.74 Å². The van der Waals surface area contributed by atoms with Crippen molar-refractivity contribution in [3.05, 3.63) is 59.7 Å². The van der Waals surface area contributed by atoms with Crippen LogP contribution in [0.5, 0.6) is 5.75 Å². The second kappa shape index (κ2) is 8.02. The zero-order valence-electron chi connectivity index (χ0n) is 15.7. The van der Waals surface area contributed by atoms with Crippen molar-refractivity contribution in [1.82, 2.24) is 25.5 Å². The van der Waals surface area contributed by atoms with E-state index in [-0.39, 0.29) is 11.9 Å². The second-order valence-corrected chi connectivity index (χ2v) is 7.81. The van der Waals surface area contributed by atoms with Gasteiger partial charge in [0, 0.05) is 6.04 Å². The molecule has 0 aliphatic heterocycles. The van der Waals surface area contributed by atoms with Crippen molar-refractivity contribution >= 4 is 17.7 Å². The fourth-order valence-electron chi connectivity index (χ4n) is 2.88. The number of carbonyl (C=O) groups is 1. The molecular formula is C20H21N5O2S. The molecule has 7 nitrogen and oxygen atoms in total. The zero-order chi connectivity index (χ0) is 19.5. The summed E-state index contributed by atoms with van der Waals surface area (Å²) >= 11 is 1.33. The van der Waals surface area contributed by atoms with Gasteiger partial charge in [-0.15, -0.1) is 5.10 Å². The van der Waals surface area contributed by atoms with Crippen molar-refractivity contribution in [3.63, 3.8) is 0 Å². The highest BCUT2D eigenvalue weighted by Crippen LogP contribution is 2.37. The number of methoxy groups -OCH3 is 1.